The van der Waals surface area contributed by atoms with Crippen molar-refractivity contribution in [2.45, 2.75) is 20.0 Å². The third-order valence-corrected chi connectivity index (χ3v) is 5.23. The molecule has 0 saturated carbocycles. The number of methoxy groups -OCH3 is 1. The van der Waals surface area contributed by atoms with Gasteiger partial charge < -0.3 is 15.2 Å². The predicted octanol–water partition coefficient (Wildman–Crippen LogP) is 3.79. The largest absolute Gasteiger partial charge is 0.507 e. The highest BCUT2D eigenvalue weighted by atomic mass is 32.1. The molecule has 5 nitrogen and oxygen atoms in total. The molecule has 0 radical (unpaired) electrons. The molecule has 0 aliphatic rings. The maximum absolute atomic E-state index is 10.5. The van der Waals surface area contributed by atoms with Crippen molar-refractivity contribution in [2.75, 3.05) is 19.5 Å². The summed E-state index contributed by atoms with van der Waals surface area (Å²) in [6.07, 6.45) is 3.18. The third-order valence-electron chi connectivity index (χ3n) is 4.04. The molecular formula is C17H19N3O2S. The Balaban J connectivity index is 2.33. The van der Waals surface area contributed by atoms with Crippen LogP contribution in [0.2, 0.25) is 0 Å². The van der Waals surface area contributed by atoms with Gasteiger partial charge in [0.1, 0.15) is 11.9 Å². The monoisotopic (exact) mass is 329 g/mol. The molecule has 0 unspecified atom stereocenters. The van der Waals surface area contributed by atoms with Crippen molar-refractivity contribution in [3.8, 4) is 5.75 Å². The van der Waals surface area contributed by atoms with E-state index in [0.29, 0.717) is 5.75 Å². The van der Waals surface area contributed by atoms with Crippen LogP contribution in [-0.2, 0) is 4.74 Å². The van der Waals surface area contributed by atoms with Crippen LogP contribution in [0.4, 0.5) is 5.13 Å². The Morgan fingerprint density at radius 1 is 1.30 bits per heavy atom. The van der Waals surface area contributed by atoms with Crippen molar-refractivity contribution in [2.24, 2.45) is 0 Å². The van der Waals surface area contributed by atoms with Crippen LogP contribution in [0.15, 0.2) is 24.5 Å². The number of phenols is 1. The molecule has 0 amide bonds. The van der Waals surface area contributed by atoms with Gasteiger partial charge in [-0.1, -0.05) is 17.4 Å². The molecule has 3 rings (SSSR count). The quantitative estimate of drug-likeness (QED) is 0.762. The summed E-state index contributed by atoms with van der Waals surface area (Å²) in [5.41, 5.74) is 4.32. The van der Waals surface area contributed by atoms with Gasteiger partial charge in [0.05, 0.1) is 10.2 Å². The summed E-state index contributed by atoms with van der Waals surface area (Å²) < 4.78 is 6.71. The Labute approximate surface area is 139 Å². The number of nitrogens with one attached hydrogen (secondary N) is 1. The average Bonchev–Trinajstić information content (AvgIpc) is 3.01. The molecule has 1 atom stereocenters. The summed E-state index contributed by atoms with van der Waals surface area (Å²) in [4.78, 5) is 8.86. The number of aromatic hydroxyl groups is 1. The molecular weight excluding hydrogens is 310 g/mol. The number of aromatic nitrogens is 2. The second-order valence-corrected chi connectivity index (χ2v) is 6.36. The zero-order valence-electron chi connectivity index (χ0n) is 13.5. The number of fused-ring (bicyclic) bond motifs is 1. The molecule has 0 saturated heterocycles. The van der Waals surface area contributed by atoms with E-state index in [1.807, 2.05) is 33.0 Å². The minimum atomic E-state index is -0.329. The Hall–Kier alpha value is -2.18. The first-order valence-corrected chi connectivity index (χ1v) is 8.13. The van der Waals surface area contributed by atoms with Crippen molar-refractivity contribution in [3.63, 3.8) is 0 Å². The number of pyridine rings is 1. The number of phenolic OH excluding ortho intramolecular Hbond substituents is 1. The first-order valence-electron chi connectivity index (χ1n) is 7.31. The molecule has 0 aliphatic heterocycles. The van der Waals surface area contributed by atoms with Crippen LogP contribution in [-0.4, -0.2) is 29.2 Å². The number of hydrogen-bond donors (Lipinski definition) is 2. The fourth-order valence-corrected chi connectivity index (χ4v) is 3.76. The van der Waals surface area contributed by atoms with Crippen LogP contribution in [0, 0.1) is 13.8 Å². The van der Waals surface area contributed by atoms with Gasteiger partial charge in [0.2, 0.25) is 0 Å². The van der Waals surface area contributed by atoms with E-state index in [1.54, 1.807) is 19.5 Å². The molecule has 120 valence electrons. The van der Waals surface area contributed by atoms with Gasteiger partial charge in [-0.2, -0.15) is 0 Å². The van der Waals surface area contributed by atoms with Crippen molar-refractivity contribution in [1.29, 1.82) is 0 Å². The minimum absolute atomic E-state index is 0.296. The molecule has 2 aromatic heterocycles. The van der Waals surface area contributed by atoms with Crippen LogP contribution in [0.5, 0.6) is 5.75 Å². The second kappa shape index (κ2) is 6.14. The molecule has 6 heteroatoms. The van der Waals surface area contributed by atoms with Gasteiger partial charge in [0.25, 0.3) is 0 Å². The van der Waals surface area contributed by atoms with Gasteiger partial charge in [-0.15, -0.1) is 0 Å². The fourth-order valence-electron chi connectivity index (χ4n) is 2.83. The highest BCUT2D eigenvalue weighted by Crippen LogP contribution is 2.43. The average molecular weight is 329 g/mol. The topological polar surface area (TPSA) is 67.3 Å². The number of ether oxygens (including phenoxy) is 1. The molecule has 2 heterocycles. The first kappa shape index (κ1) is 15.7. The van der Waals surface area contributed by atoms with Gasteiger partial charge >= 0.3 is 0 Å². The molecule has 3 aromatic rings. The van der Waals surface area contributed by atoms with Crippen LogP contribution in [0.25, 0.3) is 10.2 Å². The number of nitrogens with zero attached hydrogens (tertiary/aromatic N) is 2. The van der Waals surface area contributed by atoms with Crippen LogP contribution in [0.1, 0.15) is 28.4 Å². The predicted molar refractivity (Wildman–Crippen MR) is 93.4 cm³/mol. The molecule has 0 bridgehead atoms. The first-order chi connectivity index (χ1) is 11.1. The summed E-state index contributed by atoms with van der Waals surface area (Å²) in [5, 5.41) is 14.4. The van der Waals surface area contributed by atoms with E-state index < -0.39 is 0 Å². The maximum Gasteiger partial charge on any atom is 0.183 e. The molecule has 0 fully saturated rings. The Morgan fingerprint density at radius 2 is 2.09 bits per heavy atom. The number of benzene rings is 1. The number of thiazole rings is 1. The second-order valence-electron chi connectivity index (χ2n) is 5.36. The number of rotatable bonds is 4. The van der Waals surface area contributed by atoms with Crippen LogP contribution in [0.3, 0.4) is 0 Å². The number of aryl methyl sites for hydroxylation is 1. The van der Waals surface area contributed by atoms with Crippen LogP contribution < -0.4 is 5.32 Å². The van der Waals surface area contributed by atoms with Crippen LogP contribution >= 0.6 is 11.3 Å². The Kier molecular flexibility index (Phi) is 4.19. The summed E-state index contributed by atoms with van der Waals surface area (Å²) >= 11 is 1.53. The smallest absolute Gasteiger partial charge is 0.183 e. The maximum atomic E-state index is 10.5. The van der Waals surface area contributed by atoms with Crippen molar-refractivity contribution < 1.29 is 9.84 Å². The normalized spacial score (nSPS) is 12.5. The number of anilines is 1. The lowest BCUT2D eigenvalue weighted by molar-refractivity contribution is 0.136. The highest BCUT2D eigenvalue weighted by molar-refractivity contribution is 7.22. The lowest BCUT2D eigenvalue weighted by Crippen LogP contribution is -2.07. The molecule has 0 aliphatic carbocycles. The van der Waals surface area contributed by atoms with E-state index in [4.69, 9.17) is 4.74 Å². The van der Waals surface area contributed by atoms with Crippen molar-refractivity contribution in [1.82, 2.24) is 9.97 Å². The van der Waals surface area contributed by atoms with Crippen molar-refractivity contribution >= 4 is 26.7 Å². The lowest BCUT2D eigenvalue weighted by atomic mass is 9.94. The van der Waals surface area contributed by atoms with Gasteiger partial charge in [-0.25, -0.2) is 4.98 Å². The summed E-state index contributed by atoms with van der Waals surface area (Å²) in [6.45, 7) is 3.82. The van der Waals surface area contributed by atoms with E-state index in [2.05, 4.69) is 15.3 Å². The molecule has 23 heavy (non-hydrogen) atoms. The molecule has 0 spiro atoms. The Bertz CT molecular complexity index is 846. The highest BCUT2D eigenvalue weighted by Gasteiger charge is 2.25. The Morgan fingerprint density at radius 3 is 2.70 bits per heavy atom. The third kappa shape index (κ3) is 2.54. The van der Waals surface area contributed by atoms with E-state index in [1.165, 1.54) is 11.3 Å². The van der Waals surface area contributed by atoms with Gasteiger partial charge in [-0.05, 0) is 25.5 Å². The zero-order chi connectivity index (χ0) is 16.6. The SMILES string of the molecule is CNc1nc2c([C@H](OC)c3cccnc3)c(C)c(O)c(C)c2s1. The van der Waals surface area contributed by atoms with Crippen molar-refractivity contribution in [3.05, 3.63) is 46.8 Å². The van der Waals surface area contributed by atoms with Gasteiger partial charge in [0.15, 0.2) is 5.13 Å². The van der Waals surface area contributed by atoms with Gasteiger partial charge in [0, 0.05) is 43.2 Å². The summed E-state index contributed by atoms with van der Waals surface area (Å²) in [7, 11) is 3.50. The van der Waals surface area contributed by atoms with E-state index in [9.17, 15) is 5.11 Å². The standard InChI is InChI=1S/C17H19N3O2S/c1-9-12(15(22-4)11-6-5-7-19-8-11)13-16(10(2)14(9)21)23-17(18-3)20-13/h5-8,15,21H,1-4H3,(H,18,20)/t15-/m1/s1. The molecule has 2 N–H and O–H groups in total. The summed E-state index contributed by atoms with van der Waals surface area (Å²) in [5.74, 6) is 0.296. The minimum Gasteiger partial charge on any atom is -0.507 e. The lowest BCUT2D eigenvalue weighted by Gasteiger charge is -2.20. The van der Waals surface area contributed by atoms with E-state index >= 15 is 0 Å². The summed E-state index contributed by atoms with van der Waals surface area (Å²) in [6, 6.07) is 3.84. The fraction of sp³-hybridized carbons (Fsp3) is 0.294. The molecule has 1 aromatic carbocycles. The number of hydrogen-bond acceptors (Lipinski definition) is 6. The van der Waals surface area contributed by atoms with E-state index in [-0.39, 0.29) is 6.10 Å². The van der Waals surface area contributed by atoms with E-state index in [0.717, 1.165) is 37.6 Å². The zero-order valence-corrected chi connectivity index (χ0v) is 14.4. The van der Waals surface area contributed by atoms with Gasteiger partial charge in [-0.3, -0.25) is 4.98 Å².